The normalized spacial score (nSPS) is 18.8. The predicted molar refractivity (Wildman–Crippen MR) is 56.5 cm³/mol. The molecular formula is C11H19NO3. The second kappa shape index (κ2) is 4.64. The van der Waals surface area contributed by atoms with Crippen molar-refractivity contribution in [3.63, 3.8) is 0 Å². The Kier molecular flexibility index (Phi) is 3.72. The van der Waals surface area contributed by atoms with Crippen molar-refractivity contribution in [1.82, 2.24) is 4.90 Å². The molecule has 1 N–H and O–H groups in total. The van der Waals surface area contributed by atoms with E-state index in [-0.39, 0.29) is 12.3 Å². The van der Waals surface area contributed by atoms with Crippen LogP contribution in [0, 0.1) is 0 Å². The minimum absolute atomic E-state index is 0.0126. The zero-order valence-corrected chi connectivity index (χ0v) is 9.45. The standard InChI is InChI=1S/C11H19NO3/c1-11(2,8-10(14)15)12-7-5-3-4-6-9(12)13/h3-8H2,1-2H3,(H,14,15). The van der Waals surface area contributed by atoms with Gasteiger partial charge in [-0.15, -0.1) is 0 Å². The largest absolute Gasteiger partial charge is 0.481 e. The third kappa shape index (κ3) is 3.22. The number of rotatable bonds is 3. The lowest BCUT2D eigenvalue weighted by atomic mass is 9.97. The molecule has 0 radical (unpaired) electrons. The van der Waals surface area contributed by atoms with E-state index in [0.717, 1.165) is 19.3 Å². The molecule has 0 atom stereocenters. The van der Waals surface area contributed by atoms with Crippen LogP contribution < -0.4 is 0 Å². The van der Waals surface area contributed by atoms with Gasteiger partial charge < -0.3 is 10.0 Å². The second-order valence-electron chi connectivity index (χ2n) is 4.74. The summed E-state index contributed by atoms with van der Waals surface area (Å²) in [7, 11) is 0. The number of hydrogen-bond donors (Lipinski definition) is 1. The molecule has 1 heterocycles. The molecule has 1 aliphatic rings. The molecule has 86 valence electrons. The summed E-state index contributed by atoms with van der Waals surface area (Å²) in [6.07, 6.45) is 3.54. The maximum Gasteiger partial charge on any atom is 0.305 e. The lowest BCUT2D eigenvalue weighted by molar-refractivity contribution is -0.143. The molecule has 0 aromatic heterocycles. The van der Waals surface area contributed by atoms with Crippen molar-refractivity contribution >= 4 is 11.9 Å². The van der Waals surface area contributed by atoms with Crippen molar-refractivity contribution in [2.45, 2.75) is 51.5 Å². The summed E-state index contributed by atoms with van der Waals surface area (Å²) >= 11 is 0. The number of carboxylic acid groups (broad SMARTS) is 1. The van der Waals surface area contributed by atoms with E-state index in [0.29, 0.717) is 13.0 Å². The van der Waals surface area contributed by atoms with Crippen molar-refractivity contribution in [2.75, 3.05) is 6.54 Å². The van der Waals surface area contributed by atoms with Gasteiger partial charge in [0.15, 0.2) is 0 Å². The second-order valence-corrected chi connectivity index (χ2v) is 4.74. The molecule has 0 saturated carbocycles. The molecule has 1 saturated heterocycles. The molecular weight excluding hydrogens is 194 g/mol. The number of nitrogens with zero attached hydrogens (tertiary/aromatic N) is 1. The molecule has 1 fully saturated rings. The van der Waals surface area contributed by atoms with E-state index >= 15 is 0 Å². The first-order valence-corrected chi connectivity index (χ1v) is 5.46. The monoisotopic (exact) mass is 213 g/mol. The molecule has 4 nitrogen and oxygen atoms in total. The maximum atomic E-state index is 11.8. The maximum absolute atomic E-state index is 11.8. The van der Waals surface area contributed by atoms with Gasteiger partial charge in [-0.2, -0.15) is 0 Å². The van der Waals surface area contributed by atoms with Crippen molar-refractivity contribution < 1.29 is 14.7 Å². The lowest BCUT2D eigenvalue weighted by Gasteiger charge is -2.37. The molecule has 0 aromatic carbocycles. The summed E-state index contributed by atoms with van der Waals surface area (Å²) in [6, 6.07) is 0. The van der Waals surface area contributed by atoms with Crippen LogP contribution in [0.2, 0.25) is 0 Å². The van der Waals surface area contributed by atoms with Crippen LogP contribution in [-0.4, -0.2) is 34.0 Å². The average Bonchev–Trinajstić information content (AvgIpc) is 2.27. The Morgan fingerprint density at radius 2 is 2.07 bits per heavy atom. The topological polar surface area (TPSA) is 57.6 Å². The van der Waals surface area contributed by atoms with Crippen LogP contribution in [0.1, 0.15) is 46.0 Å². The Bertz CT molecular complexity index is 261. The highest BCUT2D eigenvalue weighted by Gasteiger charge is 2.33. The van der Waals surface area contributed by atoms with E-state index in [1.54, 1.807) is 4.90 Å². The Morgan fingerprint density at radius 1 is 1.40 bits per heavy atom. The zero-order chi connectivity index (χ0) is 11.5. The first-order chi connectivity index (χ1) is 6.93. The van der Waals surface area contributed by atoms with Gasteiger partial charge in [0, 0.05) is 18.5 Å². The van der Waals surface area contributed by atoms with Crippen molar-refractivity contribution in [3.8, 4) is 0 Å². The van der Waals surface area contributed by atoms with Gasteiger partial charge in [0.05, 0.1) is 6.42 Å². The Labute approximate surface area is 90.3 Å². The van der Waals surface area contributed by atoms with Gasteiger partial charge in [0.25, 0.3) is 0 Å². The Balaban J connectivity index is 2.73. The smallest absolute Gasteiger partial charge is 0.305 e. The summed E-state index contributed by atoms with van der Waals surface area (Å²) in [5.74, 6) is -0.754. The molecule has 0 aromatic rings. The number of carbonyl (C=O) groups excluding carboxylic acids is 1. The van der Waals surface area contributed by atoms with Gasteiger partial charge in [0.1, 0.15) is 0 Å². The zero-order valence-electron chi connectivity index (χ0n) is 9.45. The average molecular weight is 213 g/mol. The fourth-order valence-electron chi connectivity index (χ4n) is 2.09. The first-order valence-electron chi connectivity index (χ1n) is 5.46. The Morgan fingerprint density at radius 3 is 2.67 bits per heavy atom. The van der Waals surface area contributed by atoms with Gasteiger partial charge >= 0.3 is 5.97 Å². The number of carbonyl (C=O) groups is 2. The summed E-state index contributed by atoms with van der Waals surface area (Å²) in [5, 5.41) is 8.80. The lowest BCUT2D eigenvalue weighted by Crippen LogP contribution is -2.48. The first kappa shape index (κ1) is 12.0. The van der Waals surface area contributed by atoms with Crippen LogP contribution in [0.15, 0.2) is 0 Å². The van der Waals surface area contributed by atoms with E-state index in [4.69, 9.17) is 5.11 Å². The van der Waals surface area contributed by atoms with Gasteiger partial charge in [0.2, 0.25) is 5.91 Å². The molecule has 0 aliphatic carbocycles. The van der Waals surface area contributed by atoms with Crippen LogP contribution >= 0.6 is 0 Å². The molecule has 15 heavy (non-hydrogen) atoms. The number of likely N-dealkylation sites (tertiary alicyclic amines) is 1. The molecule has 1 aliphatic heterocycles. The fourth-order valence-corrected chi connectivity index (χ4v) is 2.09. The molecule has 4 heteroatoms. The molecule has 0 unspecified atom stereocenters. The third-order valence-electron chi connectivity index (χ3n) is 2.89. The van der Waals surface area contributed by atoms with Gasteiger partial charge in [-0.05, 0) is 26.7 Å². The van der Waals surface area contributed by atoms with Crippen LogP contribution in [0.4, 0.5) is 0 Å². The van der Waals surface area contributed by atoms with Crippen molar-refractivity contribution in [1.29, 1.82) is 0 Å². The van der Waals surface area contributed by atoms with Gasteiger partial charge in [-0.1, -0.05) is 6.42 Å². The molecule has 0 bridgehead atoms. The van der Waals surface area contributed by atoms with Crippen LogP contribution in [0.25, 0.3) is 0 Å². The minimum Gasteiger partial charge on any atom is -0.481 e. The van der Waals surface area contributed by atoms with Crippen LogP contribution in [-0.2, 0) is 9.59 Å². The summed E-state index contributed by atoms with van der Waals surface area (Å²) < 4.78 is 0. The minimum atomic E-state index is -0.850. The van der Waals surface area contributed by atoms with Crippen LogP contribution in [0.5, 0.6) is 0 Å². The third-order valence-corrected chi connectivity index (χ3v) is 2.89. The summed E-state index contributed by atoms with van der Waals surface area (Å²) in [5.41, 5.74) is -0.562. The van der Waals surface area contributed by atoms with E-state index in [2.05, 4.69) is 0 Å². The SMILES string of the molecule is CC(C)(CC(=O)O)N1CCCCCC1=O. The van der Waals surface area contributed by atoms with E-state index in [1.165, 1.54) is 0 Å². The highest BCUT2D eigenvalue weighted by atomic mass is 16.4. The molecule has 1 amide bonds. The van der Waals surface area contributed by atoms with Gasteiger partial charge in [-0.3, -0.25) is 9.59 Å². The number of aliphatic carboxylic acids is 1. The Hall–Kier alpha value is -1.06. The predicted octanol–water partition coefficient (Wildman–Crippen LogP) is 1.64. The molecule has 1 rings (SSSR count). The van der Waals surface area contributed by atoms with E-state index in [1.807, 2.05) is 13.8 Å². The van der Waals surface area contributed by atoms with Crippen molar-refractivity contribution in [3.05, 3.63) is 0 Å². The fraction of sp³-hybridized carbons (Fsp3) is 0.818. The van der Waals surface area contributed by atoms with Crippen molar-refractivity contribution in [2.24, 2.45) is 0 Å². The van der Waals surface area contributed by atoms with E-state index < -0.39 is 11.5 Å². The summed E-state index contributed by atoms with van der Waals surface area (Å²) in [4.78, 5) is 24.2. The number of hydrogen-bond acceptors (Lipinski definition) is 2. The quantitative estimate of drug-likeness (QED) is 0.775. The number of carboxylic acids is 1. The highest BCUT2D eigenvalue weighted by Crippen LogP contribution is 2.24. The number of amides is 1. The summed E-state index contributed by atoms with van der Waals surface area (Å²) in [6.45, 7) is 4.34. The molecule has 0 spiro atoms. The highest BCUT2D eigenvalue weighted by molar-refractivity contribution is 5.78. The van der Waals surface area contributed by atoms with Crippen LogP contribution in [0.3, 0.4) is 0 Å². The van der Waals surface area contributed by atoms with E-state index in [9.17, 15) is 9.59 Å². The van der Waals surface area contributed by atoms with Gasteiger partial charge in [-0.25, -0.2) is 0 Å².